The Kier molecular flexibility index (Phi) is 6.06. The first-order valence-corrected chi connectivity index (χ1v) is 6.63. The molecular weight excluding hydrogens is 240 g/mol. The smallest absolute Gasteiger partial charge is 0.222 e. The summed E-state index contributed by atoms with van der Waals surface area (Å²) >= 11 is 0. The van der Waals surface area contributed by atoms with Crippen LogP contribution in [0.4, 0.5) is 0 Å². The van der Waals surface area contributed by atoms with Crippen molar-refractivity contribution in [2.45, 2.75) is 39.7 Å². The summed E-state index contributed by atoms with van der Waals surface area (Å²) in [5.41, 5.74) is 2.10. The van der Waals surface area contributed by atoms with Crippen molar-refractivity contribution in [2.75, 3.05) is 6.54 Å². The van der Waals surface area contributed by atoms with Crippen LogP contribution in [0.1, 0.15) is 43.9 Å². The molecule has 0 bridgehead atoms. The van der Waals surface area contributed by atoms with E-state index in [1.54, 1.807) is 0 Å². The molecule has 2 amide bonds. The van der Waals surface area contributed by atoms with Gasteiger partial charge in [0.1, 0.15) is 0 Å². The fourth-order valence-corrected chi connectivity index (χ4v) is 1.82. The van der Waals surface area contributed by atoms with Crippen molar-refractivity contribution in [2.24, 2.45) is 0 Å². The van der Waals surface area contributed by atoms with E-state index in [1.165, 1.54) is 6.92 Å². The summed E-state index contributed by atoms with van der Waals surface area (Å²) < 4.78 is 0. The average molecular weight is 262 g/mol. The maximum atomic E-state index is 11.8. The number of rotatable bonds is 6. The maximum absolute atomic E-state index is 11.8. The normalized spacial score (nSPS) is 11.7. The van der Waals surface area contributed by atoms with E-state index in [2.05, 4.69) is 10.6 Å². The van der Waals surface area contributed by atoms with Gasteiger partial charge in [-0.05, 0) is 18.9 Å². The Morgan fingerprint density at radius 1 is 1.21 bits per heavy atom. The van der Waals surface area contributed by atoms with Crippen LogP contribution in [0, 0.1) is 6.92 Å². The summed E-state index contributed by atoms with van der Waals surface area (Å²) in [6, 6.07) is 7.59. The lowest BCUT2D eigenvalue weighted by Crippen LogP contribution is -2.32. The molecule has 104 valence electrons. The minimum atomic E-state index is -0.269. The summed E-state index contributed by atoms with van der Waals surface area (Å²) in [5.74, 6) is -0.171. The Hall–Kier alpha value is -1.84. The molecule has 19 heavy (non-hydrogen) atoms. The molecule has 1 aromatic rings. The van der Waals surface area contributed by atoms with E-state index < -0.39 is 0 Å². The average Bonchev–Trinajstić information content (AvgIpc) is 2.36. The van der Waals surface area contributed by atoms with Crippen LogP contribution in [-0.4, -0.2) is 18.4 Å². The van der Waals surface area contributed by atoms with Crippen LogP contribution in [0.15, 0.2) is 24.3 Å². The highest BCUT2D eigenvalue weighted by Gasteiger charge is 2.16. The molecule has 0 saturated carbocycles. The summed E-state index contributed by atoms with van der Waals surface area (Å²) in [7, 11) is 0. The van der Waals surface area contributed by atoms with Gasteiger partial charge in [0.05, 0.1) is 12.5 Å². The number of hydrogen-bond acceptors (Lipinski definition) is 2. The minimum absolute atomic E-state index is 0.0406. The van der Waals surface area contributed by atoms with Crippen LogP contribution >= 0.6 is 0 Å². The van der Waals surface area contributed by atoms with E-state index >= 15 is 0 Å². The molecule has 0 saturated heterocycles. The highest BCUT2D eigenvalue weighted by Crippen LogP contribution is 2.17. The van der Waals surface area contributed by atoms with Gasteiger partial charge in [0.2, 0.25) is 11.8 Å². The first kappa shape index (κ1) is 15.2. The van der Waals surface area contributed by atoms with Crippen molar-refractivity contribution >= 4 is 11.8 Å². The molecule has 4 nitrogen and oxygen atoms in total. The van der Waals surface area contributed by atoms with Crippen molar-refractivity contribution in [1.29, 1.82) is 0 Å². The van der Waals surface area contributed by atoms with E-state index in [0.717, 1.165) is 17.5 Å². The lowest BCUT2D eigenvalue weighted by Gasteiger charge is -2.18. The highest BCUT2D eigenvalue weighted by atomic mass is 16.2. The van der Waals surface area contributed by atoms with Crippen molar-refractivity contribution < 1.29 is 9.59 Å². The Morgan fingerprint density at radius 3 is 2.37 bits per heavy atom. The third kappa shape index (κ3) is 5.55. The lowest BCUT2D eigenvalue weighted by molar-refractivity contribution is -0.122. The van der Waals surface area contributed by atoms with Gasteiger partial charge < -0.3 is 10.6 Å². The zero-order valence-corrected chi connectivity index (χ0v) is 11.8. The number of benzene rings is 1. The lowest BCUT2D eigenvalue weighted by atomic mass is 10.0. The minimum Gasteiger partial charge on any atom is -0.356 e. The predicted molar refractivity (Wildman–Crippen MR) is 75.7 cm³/mol. The van der Waals surface area contributed by atoms with Gasteiger partial charge in [-0.15, -0.1) is 0 Å². The van der Waals surface area contributed by atoms with Gasteiger partial charge in [0.25, 0.3) is 0 Å². The molecule has 2 N–H and O–H groups in total. The number of hydrogen-bond donors (Lipinski definition) is 2. The number of amides is 2. The second kappa shape index (κ2) is 7.56. The molecule has 0 aliphatic carbocycles. The fraction of sp³-hybridized carbons (Fsp3) is 0.467. The highest BCUT2D eigenvalue weighted by molar-refractivity contribution is 5.79. The molecule has 0 fully saturated rings. The van der Waals surface area contributed by atoms with Gasteiger partial charge >= 0.3 is 0 Å². The van der Waals surface area contributed by atoms with Crippen LogP contribution in [0.25, 0.3) is 0 Å². The monoisotopic (exact) mass is 262 g/mol. The van der Waals surface area contributed by atoms with Crippen LogP contribution < -0.4 is 10.6 Å². The molecule has 1 atom stereocenters. The molecule has 0 aromatic heterocycles. The van der Waals surface area contributed by atoms with Gasteiger partial charge in [-0.25, -0.2) is 0 Å². The third-order valence-electron chi connectivity index (χ3n) is 2.82. The quantitative estimate of drug-likeness (QED) is 0.824. The van der Waals surface area contributed by atoms with E-state index in [-0.39, 0.29) is 24.3 Å². The third-order valence-corrected chi connectivity index (χ3v) is 2.82. The van der Waals surface area contributed by atoms with Crippen molar-refractivity contribution in [3.05, 3.63) is 35.4 Å². The second-order valence-electron chi connectivity index (χ2n) is 4.72. The number of nitrogens with one attached hydrogen (secondary N) is 2. The number of carbonyl (C=O) groups excluding carboxylic acids is 2. The number of aryl methyl sites for hydroxylation is 1. The van der Waals surface area contributed by atoms with Crippen LogP contribution in [0.5, 0.6) is 0 Å². The molecule has 1 aromatic carbocycles. The summed E-state index contributed by atoms with van der Waals surface area (Å²) in [4.78, 5) is 23.0. The summed E-state index contributed by atoms with van der Waals surface area (Å²) in [6.07, 6.45) is 1.17. The van der Waals surface area contributed by atoms with Gasteiger partial charge in [-0.2, -0.15) is 0 Å². The molecule has 0 aliphatic rings. The van der Waals surface area contributed by atoms with E-state index in [9.17, 15) is 9.59 Å². The Balaban J connectivity index is 2.74. The molecule has 1 rings (SSSR count). The first-order valence-electron chi connectivity index (χ1n) is 6.63. The van der Waals surface area contributed by atoms with Crippen LogP contribution in [0.2, 0.25) is 0 Å². The van der Waals surface area contributed by atoms with Gasteiger partial charge in [-0.3, -0.25) is 9.59 Å². The number of carbonyl (C=O) groups is 2. The van der Waals surface area contributed by atoms with E-state index in [4.69, 9.17) is 0 Å². The Bertz CT molecular complexity index is 426. The van der Waals surface area contributed by atoms with Gasteiger partial charge in [0.15, 0.2) is 0 Å². The topological polar surface area (TPSA) is 58.2 Å². The first-order chi connectivity index (χ1) is 9.02. The van der Waals surface area contributed by atoms with Crippen molar-refractivity contribution in [3.63, 3.8) is 0 Å². The van der Waals surface area contributed by atoms with Gasteiger partial charge in [-0.1, -0.05) is 36.8 Å². The van der Waals surface area contributed by atoms with Crippen molar-refractivity contribution in [3.8, 4) is 0 Å². The standard InChI is InChI=1S/C15H22N2O2/c1-4-9-16-15(19)10-14(17-12(3)18)13-7-5-11(2)6-8-13/h5-8,14H,4,9-10H2,1-3H3,(H,16,19)(H,17,18). The second-order valence-corrected chi connectivity index (χ2v) is 4.72. The van der Waals surface area contributed by atoms with Crippen molar-refractivity contribution in [1.82, 2.24) is 10.6 Å². The predicted octanol–water partition coefficient (Wildman–Crippen LogP) is 2.09. The fourth-order valence-electron chi connectivity index (χ4n) is 1.82. The maximum Gasteiger partial charge on any atom is 0.222 e. The molecule has 0 aliphatic heterocycles. The molecular formula is C15H22N2O2. The zero-order valence-electron chi connectivity index (χ0n) is 11.8. The van der Waals surface area contributed by atoms with Crippen LogP contribution in [-0.2, 0) is 9.59 Å². The summed E-state index contributed by atoms with van der Waals surface area (Å²) in [5, 5.41) is 5.65. The molecule has 4 heteroatoms. The molecule has 1 unspecified atom stereocenters. The molecule has 0 radical (unpaired) electrons. The summed E-state index contributed by atoms with van der Waals surface area (Å²) in [6.45, 7) is 6.14. The SMILES string of the molecule is CCCNC(=O)CC(NC(C)=O)c1ccc(C)cc1. The molecule has 0 heterocycles. The Morgan fingerprint density at radius 2 is 1.84 bits per heavy atom. The van der Waals surface area contributed by atoms with E-state index in [1.807, 2.05) is 38.1 Å². The molecule has 0 spiro atoms. The van der Waals surface area contributed by atoms with Gasteiger partial charge in [0, 0.05) is 13.5 Å². The van der Waals surface area contributed by atoms with E-state index in [0.29, 0.717) is 6.54 Å². The Labute approximate surface area is 114 Å². The van der Waals surface area contributed by atoms with Crippen LogP contribution in [0.3, 0.4) is 0 Å². The largest absolute Gasteiger partial charge is 0.356 e. The zero-order chi connectivity index (χ0) is 14.3.